The van der Waals surface area contributed by atoms with Crippen LogP contribution in [0.15, 0.2) is 18.3 Å². The van der Waals surface area contributed by atoms with Crippen LogP contribution in [-0.2, 0) is 24.4 Å². The number of halogens is 4. The van der Waals surface area contributed by atoms with Crippen LogP contribution in [0.5, 0.6) is 5.88 Å². The lowest BCUT2D eigenvalue weighted by molar-refractivity contribution is -0.147. The summed E-state index contributed by atoms with van der Waals surface area (Å²) in [7, 11) is 2.64. The van der Waals surface area contributed by atoms with Crippen LogP contribution in [0.4, 0.5) is 23.4 Å². The number of anilines is 1. The second kappa shape index (κ2) is 9.21. The van der Waals surface area contributed by atoms with Crippen LogP contribution in [0.3, 0.4) is 0 Å². The molecule has 9 nitrogen and oxygen atoms in total. The Labute approximate surface area is 216 Å². The van der Waals surface area contributed by atoms with Crippen molar-refractivity contribution in [1.82, 2.24) is 29.6 Å². The number of aryl methyl sites for hydroxylation is 3. The van der Waals surface area contributed by atoms with Crippen LogP contribution in [0, 0.1) is 12.7 Å². The number of carbonyl (C=O) groups excluding carboxylic acids is 1. The standard InChI is InChI=1S/C25H27F4N7O2/c1-13(16-10-19(38-4)30-11-18(16)26)22(37)36-8-7-24(12-36)6-5-15-9-17(14(2)31-20(15)33-24)21-32-23(25(27,28)29)35(3)34-21/h9-11,13H,5-8,12H2,1-4H3,(H,31,33)/t13-,24+/m1/s1. The van der Waals surface area contributed by atoms with Crippen LogP contribution >= 0.6 is 0 Å². The summed E-state index contributed by atoms with van der Waals surface area (Å²) < 4.78 is 59.8. The maximum atomic E-state index is 14.4. The zero-order chi connectivity index (χ0) is 27.4. The number of aromatic nitrogens is 5. The first-order valence-corrected chi connectivity index (χ1v) is 12.2. The summed E-state index contributed by atoms with van der Waals surface area (Å²) in [5, 5.41) is 7.45. The van der Waals surface area contributed by atoms with Crippen molar-refractivity contribution in [3.63, 3.8) is 0 Å². The molecule has 1 amide bonds. The van der Waals surface area contributed by atoms with E-state index in [1.807, 2.05) is 0 Å². The molecule has 1 saturated heterocycles. The SMILES string of the molecule is COc1cc([C@@H](C)C(=O)N2CC[C@@]3(CCc4cc(-c5nc(C(F)(F)F)n(C)n5)c(C)nc4N3)C2)c(F)cn1. The predicted octanol–water partition coefficient (Wildman–Crippen LogP) is 3.88. The number of alkyl halides is 3. The minimum absolute atomic E-state index is 0.0282. The molecule has 13 heteroatoms. The van der Waals surface area contributed by atoms with E-state index < -0.39 is 29.3 Å². The highest BCUT2D eigenvalue weighted by molar-refractivity contribution is 5.84. The highest BCUT2D eigenvalue weighted by atomic mass is 19.4. The minimum atomic E-state index is -4.61. The molecule has 38 heavy (non-hydrogen) atoms. The Bertz CT molecular complexity index is 1410. The average molecular weight is 534 g/mol. The molecule has 1 N–H and O–H groups in total. The quantitative estimate of drug-likeness (QED) is 0.509. The molecule has 0 saturated carbocycles. The Kier molecular flexibility index (Phi) is 6.27. The van der Waals surface area contributed by atoms with E-state index in [9.17, 15) is 22.4 Å². The first kappa shape index (κ1) is 25.9. The first-order valence-electron chi connectivity index (χ1n) is 12.2. The Hall–Kier alpha value is -3.77. The first-order chi connectivity index (χ1) is 17.9. The predicted molar refractivity (Wildman–Crippen MR) is 129 cm³/mol. The van der Waals surface area contributed by atoms with Crippen molar-refractivity contribution in [2.75, 3.05) is 25.5 Å². The molecule has 0 radical (unpaired) electrons. The van der Waals surface area contributed by atoms with Gasteiger partial charge in [-0.25, -0.2) is 24.0 Å². The van der Waals surface area contributed by atoms with Crippen LogP contribution in [-0.4, -0.2) is 61.3 Å². The van der Waals surface area contributed by atoms with Crippen LogP contribution in [0.2, 0.25) is 0 Å². The zero-order valence-electron chi connectivity index (χ0n) is 21.4. The van der Waals surface area contributed by atoms with Gasteiger partial charge in [-0.3, -0.25) is 4.79 Å². The van der Waals surface area contributed by atoms with Crippen LogP contribution in [0.1, 0.15) is 48.3 Å². The van der Waals surface area contributed by atoms with Crippen molar-refractivity contribution in [2.45, 2.75) is 50.7 Å². The van der Waals surface area contributed by atoms with Gasteiger partial charge in [-0.15, -0.1) is 0 Å². The van der Waals surface area contributed by atoms with Gasteiger partial charge in [0.1, 0.15) is 11.6 Å². The van der Waals surface area contributed by atoms with Crippen LogP contribution < -0.4 is 10.1 Å². The number of ether oxygens (including phenoxy) is 1. The highest BCUT2D eigenvalue weighted by Crippen LogP contribution is 2.39. The summed E-state index contributed by atoms with van der Waals surface area (Å²) in [6.45, 7) is 4.30. The molecular formula is C25H27F4N7O2. The van der Waals surface area contributed by atoms with Gasteiger partial charge >= 0.3 is 6.18 Å². The Morgan fingerprint density at radius 2 is 2.00 bits per heavy atom. The molecular weight excluding hydrogens is 506 g/mol. The van der Waals surface area contributed by atoms with E-state index in [4.69, 9.17) is 4.74 Å². The topological polar surface area (TPSA) is 98.1 Å². The number of amides is 1. The van der Waals surface area contributed by atoms with Crippen molar-refractivity contribution < 1.29 is 27.1 Å². The smallest absolute Gasteiger partial charge is 0.451 e. The highest BCUT2D eigenvalue weighted by Gasteiger charge is 2.44. The lowest BCUT2D eigenvalue weighted by Crippen LogP contribution is -2.46. The summed E-state index contributed by atoms with van der Waals surface area (Å²) in [4.78, 5) is 27.2. The number of likely N-dealkylation sites (tertiary alicyclic amines) is 1. The van der Waals surface area contributed by atoms with Crippen molar-refractivity contribution in [3.05, 3.63) is 46.8 Å². The molecule has 0 unspecified atom stereocenters. The number of rotatable bonds is 4. The van der Waals surface area contributed by atoms with E-state index in [1.54, 1.807) is 24.8 Å². The van der Waals surface area contributed by atoms with E-state index in [0.29, 0.717) is 49.4 Å². The summed E-state index contributed by atoms with van der Waals surface area (Å²) in [6.07, 6.45) is -1.55. The van der Waals surface area contributed by atoms with E-state index in [2.05, 4.69) is 25.4 Å². The number of pyridine rings is 2. The lowest BCUT2D eigenvalue weighted by atomic mass is 9.86. The van der Waals surface area contributed by atoms with Gasteiger partial charge in [-0.2, -0.15) is 18.3 Å². The molecule has 2 aliphatic rings. The van der Waals surface area contributed by atoms with E-state index in [1.165, 1.54) is 20.2 Å². The monoisotopic (exact) mass is 533 g/mol. The molecule has 0 bridgehead atoms. The fourth-order valence-corrected chi connectivity index (χ4v) is 5.26. The van der Waals surface area contributed by atoms with Gasteiger partial charge < -0.3 is 15.0 Å². The molecule has 5 heterocycles. The van der Waals surface area contributed by atoms with Gasteiger partial charge in [0.15, 0.2) is 5.82 Å². The number of hydrogen-bond donors (Lipinski definition) is 1. The number of methoxy groups -OCH3 is 1. The average Bonchev–Trinajstić information content (AvgIpc) is 3.46. The Morgan fingerprint density at radius 3 is 2.68 bits per heavy atom. The lowest BCUT2D eigenvalue weighted by Gasteiger charge is -2.36. The molecule has 3 aromatic heterocycles. The normalized spacial score (nSPS) is 19.8. The molecule has 0 aromatic carbocycles. The summed E-state index contributed by atoms with van der Waals surface area (Å²) in [5.41, 5.74) is 1.62. The van der Waals surface area contributed by atoms with Crippen molar-refractivity contribution in [2.24, 2.45) is 7.05 Å². The second-order valence-electron chi connectivity index (χ2n) is 9.89. The minimum Gasteiger partial charge on any atom is -0.481 e. The summed E-state index contributed by atoms with van der Waals surface area (Å²) in [6, 6.07) is 3.23. The summed E-state index contributed by atoms with van der Waals surface area (Å²) in [5.74, 6) is -1.70. The summed E-state index contributed by atoms with van der Waals surface area (Å²) >= 11 is 0. The molecule has 2 atom stereocenters. The molecule has 202 valence electrons. The fraction of sp³-hybridized carbons (Fsp3) is 0.480. The molecule has 3 aromatic rings. The Morgan fingerprint density at radius 1 is 1.24 bits per heavy atom. The van der Waals surface area contributed by atoms with Gasteiger partial charge in [-0.1, -0.05) is 0 Å². The van der Waals surface area contributed by atoms with Crippen molar-refractivity contribution in [3.8, 4) is 17.3 Å². The van der Waals surface area contributed by atoms with Crippen LogP contribution in [0.25, 0.3) is 11.4 Å². The molecule has 1 fully saturated rings. The van der Waals surface area contributed by atoms with E-state index >= 15 is 0 Å². The number of nitrogens with zero attached hydrogens (tertiary/aromatic N) is 6. The van der Waals surface area contributed by atoms with Gasteiger partial charge in [-0.05, 0) is 44.7 Å². The van der Waals surface area contributed by atoms with Gasteiger partial charge in [0.2, 0.25) is 17.6 Å². The number of hydrogen-bond acceptors (Lipinski definition) is 7. The molecule has 2 aliphatic heterocycles. The molecule has 1 spiro atoms. The maximum Gasteiger partial charge on any atom is 0.451 e. The van der Waals surface area contributed by atoms with E-state index in [-0.39, 0.29) is 23.2 Å². The zero-order valence-corrected chi connectivity index (χ0v) is 21.4. The number of fused-ring (bicyclic) bond motifs is 1. The van der Waals surface area contributed by atoms with Gasteiger partial charge in [0.25, 0.3) is 0 Å². The number of carbonyl (C=O) groups is 1. The third-order valence-corrected chi connectivity index (χ3v) is 7.38. The largest absolute Gasteiger partial charge is 0.481 e. The molecule has 0 aliphatic carbocycles. The number of nitrogens with one attached hydrogen (secondary N) is 1. The molecule has 5 rings (SSSR count). The van der Waals surface area contributed by atoms with E-state index in [0.717, 1.165) is 16.4 Å². The fourth-order valence-electron chi connectivity index (χ4n) is 5.26. The van der Waals surface area contributed by atoms with Crippen molar-refractivity contribution in [1.29, 1.82) is 0 Å². The maximum absolute atomic E-state index is 14.4. The second-order valence-corrected chi connectivity index (χ2v) is 9.89. The third-order valence-electron chi connectivity index (χ3n) is 7.38. The van der Waals surface area contributed by atoms with Gasteiger partial charge in [0.05, 0.1) is 30.5 Å². The third kappa shape index (κ3) is 4.54. The van der Waals surface area contributed by atoms with Gasteiger partial charge in [0, 0.05) is 37.3 Å². The Balaban J connectivity index is 1.34. The van der Waals surface area contributed by atoms with Crippen molar-refractivity contribution >= 4 is 11.7 Å².